The first-order chi connectivity index (χ1) is 8.22. The molecule has 0 aliphatic heterocycles. The highest BCUT2D eigenvalue weighted by atomic mass is 32.2. The number of thioether (sulfide) groups is 1. The third kappa shape index (κ3) is 6.22. The number of carbonyl (C=O) groups is 1. The first-order valence-electron chi connectivity index (χ1n) is 5.71. The molecule has 0 bridgehead atoms. The van der Waals surface area contributed by atoms with E-state index in [0.717, 1.165) is 30.8 Å². The molecule has 0 amide bonds. The topological polar surface area (TPSA) is 46.5 Å². The first-order valence-corrected chi connectivity index (χ1v) is 6.69. The Labute approximate surface area is 106 Å². The number of aliphatic carboxylic acids is 1. The lowest BCUT2D eigenvalue weighted by Gasteiger charge is -2.04. The van der Waals surface area contributed by atoms with Crippen LogP contribution in [0.4, 0.5) is 0 Å². The highest BCUT2D eigenvalue weighted by Crippen LogP contribution is 2.23. The van der Waals surface area contributed by atoms with Gasteiger partial charge in [-0.05, 0) is 36.8 Å². The number of rotatable bonds is 8. The summed E-state index contributed by atoms with van der Waals surface area (Å²) >= 11 is 1.78. The molecule has 0 spiro atoms. The summed E-state index contributed by atoms with van der Waals surface area (Å²) in [5.74, 6) is 1.19. The van der Waals surface area contributed by atoms with Crippen LogP contribution in [-0.4, -0.2) is 23.9 Å². The van der Waals surface area contributed by atoms with Crippen LogP contribution >= 0.6 is 11.8 Å². The van der Waals surface area contributed by atoms with Crippen LogP contribution in [0.25, 0.3) is 0 Å². The quantitative estimate of drug-likeness (QED) is 0.570. The van der Waals surface area contributed by atoms with Crippen molar-refractivity contribution in [3.05, 3.63) is 24.3 Å². The van der Waals surface area contributed by atoms with E-state index in [9.17, 15) is 4.79 Å². The second kappa shape index (κ2) is 8.01. The molecule has 0 unspecified atom stereocenters. The van der Waals surface area contributed by atoms with Gasteiger partial charge in [-0.1, -0.05) is 12.5 Å². The number of methoxy groups -OCH3 is 1. The summed E-state index contributed by atoms with van der Waals surface area (Å²) in [6, 6.07) is 7.98. The van der Waals surface area contributed by atoms with Gasteiger partial charge in [-0.15, -0.1) is 11.8 Å². The van der Waals surface area contributed by atoms with Gasteiger partial charge in [0.2, 0.25) is 0 Å². The molecule has 0 aliphatic carbocycles. The van der Waals surface area contributed by atoms with Crippen molar-refractivity contribution < 1.29 is 14.6 Å². The predicted molar refractivity (Wildman–Crippen MR) is 69.8 cm³/mol. The van der Waals surface area contributed by atoms with Crippen molar-refractivity contribution in [3.63, 3.8) is 0 Å². The summed E-state index contributed by atoms with van der Waals surface area (Å²) in [5, 5.41) is 8.49. The van der Waals surface area contributed by atoms with Crippen LogP contribution in [-0.2, 0) is 4.79 Å². The van der Waals surface area contributed by atoms with Gasteiger partial charge in [-0.2, -0.15) is 0 Å². The lowest BCUT2D eigenvalue weighted by atomic mass is 10.2. The van der Waals surface area contributed by atoms with E-state index in [1.807, 2.05) is 18.2 Å². The number of hydrogen-bond acceptors (Lipinski definition) is 3. The van der Waals surface area contributed by atoms with Crippen molar-refractivity contribution in [3.8, 4) is 5.75 Å². The highest BCUT2D eigenvalue weighted by molar-refractivity contribution is 7.99. The van der Waals surface area contributed by atoms with Crippen molar-refractivity contribution >= 4 is 17.7 Å². The third-order valence-electron chi connectivity index (χ3n) is 2.34. The minimum atomic E-state index is -0.703. The van der Waals surface area contributed by atoms with E-state index in [0.29, 0.717) is 0 Å². The van der Waals surface area contributed by atoms with Gasteiger partial charge in [0.25, 0.3) is 0 Å². The fourth-order valence-corrected chi connectivity index (χ4v) is 2.39. The van der Waals surface area contributed by atoms with Crippen LogP contribution in [0.1, 0.15) is 25.7 Å². The number of carboxylic acid groups (broad SMARTS) is 1. The van der Waals surface area contributed by atoms with Crippen LogP contribution in [0.3, 0.4) is 0 Å². The second-order valence-corrected chi connectivity index (χ2v) is 4.90. The fraction of sp³-hybridized carbons (Fsp3) is 0.462. The molecule has 17 heavy (non-hydrogen) atoms. The van der Waals surface area contributed by atoms with E-state index in [2.05, 4.69) is 6.07 Å². The number of unbranched alkanes of at least 4 members (excludes halogenated alkanes) is 2. The zero-order valence-electron chi connectivity index (χ0n) is 10.0. The minimum absolute atomic E-state index is 0.282. The molecule has 3 nitrogen and oxygen atoms in total. The minimum Gasteiger partial charge on any atom is -0.497 e. The fourth-order valence-electron chi connectivity index (χ4n) is 1.44. The third-order valence-corrected chi connectivity index (χ3v) is 3.42. The Kier molecular flexibility index (Phi) is 6.55. The van der Waals surface area contributed by atoms with Crippen molar-refractivity contribution in [2.24, 2.45) is 0 Å². The highest BCUT2D eigenvalue weighted by Gasteiger charge is 1.98. The van der Waals surface area contributed by atoms with Crippen molar-refractivity contribution in [2.75, 3.05) is 12.9 Å². The molecule has 1 rings (SSSR count). The van der Waals surface area contributed by atoms with Gasteiger partial charge in [0.05, 0.1) is 7.11 Å². The Morgan fingerprint density at radius 2 is 2.18 bits per heavy atom. The van der Waals surface area contributed by atoms with Gasteiger partial charge in [-0.3, -0.25) is 4.79 Å². The SMILES string of the molecule is COc1cccc(SCCCCCC(=O)O)c1. The van der Waals surface area contributed by atoms with Crippen LogP contribution in [0.2, 0.25) is 0 Å². The molecule has 0 aromatic heterocycles. The van der Waals surface area contributed by atoms with Gasteiger partial charge in [0.1, 0.15) is 5.75 Å². The maximum absolute atomic E-state index is 10.3. The van der Waals surface area contributed by atoms with Crippen LogP contribution in [0, 0.1) is 0 Å². The Balaban J connectivity index is 2.15. The van der Waals surface area contributed by atoms with E-state index in [1.54, 1.807) is 18.9 Å². The Morgan fingerprint density at radius 1 is 1.35 bits per heavy atom. The molecule has 1 aromatic carbocycles. The molecular weight excluding hydrogens is 236 g/mol. The Bertz CT molecular complexity index is 352. The number of hydrogen-bond donors (Lipinski definition) is 1. The number of carboxylic acids is 1. The maximum atomic E-state index is 10.3. The average Bonchev–Trinajstić information content (AvgIpc) is 2.33. The van der Waals surface area contributed by atoms with Crippen LogP contribution < -0.4 is 4.74 Å². The summed E-state index contributed by atoms with van der Waals surface area (Å²) in [7, 11) is 1.66. The van der Waals surface area contributed by atoms with Crippen molar-refractivity contribution in [1.29, 1.82) is 0 Å². The number of ether oxygens (including phenoxy) is 1. The largest absolute Gasteiger partial charge is 0.497 e. The van der Waals surface area contributed by atoms with Crippen LogP contribution in [0.15, 0.2) is 29.2 Å². The second-order valence-electron chi connectivity index (χ2n) is 3.73. The number of benzene rings is 1. The lowest BCUT2D eigenvalue weighted by Crippen LogP contribution is -1.93. The molecular formula is C13H18O3S. The average molecular weight is 254 g/mol. The molecule has 94 valence electrons. The Hall–Kier alpha value is -1.16. The molecule has 1 N–H and O–H groups in total. The molecule has 0 radical (unpaired) electrons. The summed E-state index contributed by atoms with van der Waals surface area (Å²) < 4.78 is 5.15. The Morgan fingerprint density at radius 3 is 2.88 bits per heavy atom. The molecule has 0 heterocycles. The monoisotopic (exact) mass is 254 g/mol. The van der Waals surface area contributed by atoms with Gasteiger partial charge in [0.15, 0.2) is 0 Å². The van der Waals surface area contributed by atoms with Crippen LogP contribution in [0.5, 0.6) is 5.75 Å². The zero-order valence-corrected chi connectivity index (χ0v) is 10.8. The molecule has 4 heteroatoms. The van der Waals surface area contributed by atoms with E-state index in [-0.39, 0.29) is 6.42 Å². The van der Waals surface area contributed by atoms with Crippen molar-refractivity contribution in [2.45, 2.75) is 30.6 Å². The molecule has 0 fully saturated rings. The van der Waals surface area contributed by atoms with E-state index < -0.39 is 5.97 Å². The summed E-state index contributed by atoms with van der Waals surface area (Å²) in [6.07, 6.45) is 3.08. The first kappa shape index (κ1) is 13.9. The predicted octanol–water partition coefficient (Wildman–Crippen LogP) is 3.43. The van der Waals surface area contributed by atoms with E-state index >= 15 is 0 Å². The lowest BCUT2D eigenvalue weighted by molar-refractivity contribution is -0.137. The zero-order chi connectivity index (χ0) is 12.5. The smallest absolute Gasteiger partial charge is 0.303 e. The molecule has 0 saturated carbocycles. The maximum Gasteiger partial charge on any atom is 0.303 e. The van der Waals surface area contributed by atoms with E-state index in [4.69, 9.17) is 9.84 Å². The van der Waals surface area contributed by atoms with Gasteiger partial charge < -0.3 is 9.84 Å². The molecule has 0 saturated heterocycles. The molecule has 1 aromatic rings. The standard InChI is InChI=1S/C13H18O3S/c1-16-11-6-5-7-12(10-11)17-9-4-2-3-8-13(14)15/h5-7,10H,2-4,8-9H2,1H3,(H,14,15). The summed E-state index contributed by atoms with van der Waals surface area (Å²) in [4.78, 5) is 11.5. The van der Waals surface area contributed by atoms with Gasteiger partial charge >= 0.3 is 5.97 Å². The molecule has 0 atom stereocenters. The molecule has 0 aliphatic rings. The van der Waals surface area contributed by atoms with Crippen molar-refractivity contribution in [1.82, 2.24) is 0 Å². The summed E-state index contributed by atoms with van der Waals surface area (Å²) in [5.41, 5.74) is 0. The summed E-state index contributed by atoms with van der Waals surface area (Å²) in [6.45, 7) is 0. The van der Waals surface area contributed by atoms with Gasteiger partial charge in [-0.25, -0.2) is 0 Å². The van der Waals surface area contributed by atoms with E-state index in [1.165, 1.54) is 4.90 Å². The normalized spacial score (nSPS) is 10.2. The van der Waals surface area contributed by atoms with Gasteiger partial charge in [0, 0.05) is 11.3 Å².